The minimum atomic E-state index is -0.487. The van der Waals surface area contributed by atoms with Crippen molar-refractivity contribution in [1.29, 1.82) is 0 Å². The van der Waals surface area contributed by atoms with Crippen LogP contribution in [0.3, 0.4) is 0 Å². The number of carbonyl (C=O) groups excluding carboxylic acids is 2. The maximum atomic E-state index is 12.2. The molecule has 2 aromatic rings. The van der Waals surface area contributed by atoms with Crippen molar-refractivity contribution in [2.75, 3.05) is 19.4 Å². The number of nitrogens with zero attached hydrogens (tertiary/aromatic N) is 2. The first-order valence-electron chi connectivity index (χ1n) is 7.38. The van der Waals surface area contributed by atoms with Crippen molar-refractivity contribution in [1.82, 2.24) is 4.90 Å². The quantitative estimate of drug-likeness (QED) is 0.501. The number of amides is 2. The van der Waals surface area contributed by atoms with Gasteiger partial charge in [0.25, 0.3) is 10.9 Å². The van der Waals surface area contributed by atoms with E-state index in [2.05, 4.69) is 5.32 Å². The molecule has 0 aromatic heterocycles. The first-order valence-corrected chi connectivity index (χ1v) is 8.20. The number of benzene rings is 2. The number of non-ortho nitro benzene ring substituents is 1. The van der Waals surface area contributed by atoms with Gasteiger partial charge in [-0.1, -0.05) is 24.3 Å². The third-order valence-corrected chi connectivity index (χ3v) is 4.35. The van der Waals surface area contributed by atoms with Crippen LogP contribution in [0.1, 0.15) is 5.56 Å². The summed E-state index contributed by atoms with van der Waals surface area (Å²) in [4.78, 5) is 36.3. The summed E-state index contributed by atoms with van der Waals surface area (Å²) in [5, 5.41) is 13.3. The summed E-state index contributed by atoms with van der Waals surface area (Å²) in [6, 6.07) is 12.9. The fraction of sp³-hybridized carbons (Fsp3) is 0.176. The van der Waals surface area contributed by atoms with Gasteiger partial charge in [-0.2, -0.15) is 0 Å². The molecule has 0 heterocycles. The van der Waals surface area contributed by atoms with Crippen molar-refractivity contribution in [2.45, 2.75) is 11.3 Å². The van der Waals surface area contributed by atoms with Gasteiger partial charge >= 0.3 is 0 Å². The summed E-state index contributed by atoms with van der Waals surface area (Å²) in [5.74, 6) is -0.265. The number of nitro benzene ring substituents is 1. The second-order valence-electron chi connectivity index (χ2n) is 5.41. The average molecular weight is 359 g/mol. The van der Waals surface area contributed by atoms with E-state index in [-0.39, 0.29) is 23.3 Å². The SMILES string of the molecule is CN(C)C(=O)Sc1ccccc1NC(=O)Cc1ccc([N+](=O)[O-])cc1. The number of hydrogen-bond acceptors (Lipinski definition) is 5. The second kappa shape index (κ2) is 8.29. The maximum absolute atomic E-state index is 12.2. The number of anilines is 1. The Balaban J connectivity index is 2.05. The molecule has 0 radical (unpaired) electrons. The largest absolute Gasteiger partial charge is 0.339 e. The van der Waals surface area contributed by atoms with Crippen LogP contribution in [0, 0.1) is 10.1 Å². The first kappa shape index (κ1) is 18.5. The Labute approximate surface area is 149 Å². The average Bonchev–Trinajstić information content (AvgIpc) is 2.57. The van der Waals surface area contributed by atoms with Crippen LogP contribution in [-0.4, -0.2) is 35.1 Å². The lowest BCUT2D eigenvalue weighted by molar-refractivity contribution is -0.384. The highest BCUT2D eigenvalue weighted by Crippen LogP contribution is 2.28. The van der Waals surface area contributed by atoms with Crippen LogP contribution in [0.5, 0.6) is 0 Å². The molecule has 7 nitrogen and oxygen atoms in total. The molecule has 0 saturated carbocycles. The molecule has 0 bridgehead atoms. The smallest absolute Gasteiger partial charge is 0.286 e. The summed E-state index contributed by atoms with van der Waals surface area (Å²) in [6.07, 6.45) is 0.0820. The molecule has 0 fully saturated rings. The molecule has 2 rings (SSSR count). The van der Waals surface area contributed by atoms with E-state index in [1.807, 2.05) is 0 Å². The van der Waals surface area contributed by atoms with Crippen molar-refractivity contribution >= 4 is 34.3 Å². The highest BCUT2D eigenvalue weighted by molar-refractivity contribution is 8.13. The van der Waals surface area contributed by atoms with Crippen molar-refractivity contribution in [3.05, 3.63) is 64.2 Å². The minimum Gasteiger partial charge on any atom is -0.339 e. The van der Waals surface area contributed by atoms with Crippen LogP contribution in [-0.2, 0) is 11.2 Å². The molecule has 0 atom stereocenters. The Bertz CT molecular complexity index is 791. The Morgan fingerprint density at radius 1 is 1.12 bits per heavy atom. The monoisotopic (exact) mass is 359 g/mol. The summed E-state index contributed by atoms with van der Waals surface area (Å²) < 4.78 is 0. The zero-order chi connectivity index (χ0) is 18.4. The lowest BCUT2D eigenvalue weighted by Crippen LogP contribution is -2.17. The number of thioether (sulfide) groups is 1. The molecule has 0 unspecified atom stereocenters. The Hall–Kier alpha value is -2.87. The van der Waals surface area contributed by atoms with Crippen LogP contribution in [0.4, 0.5) is 16.2 Å². The highest BCUT2D eigenvalue weighted by Gasteiger charge is 2.13. The van der Waals surface area contributed by atoms with E-state index < -0.39 is 4.92 Å². The number of nitro groups is 1. The van der Waals surface area contributed by atoms with Crippen LogP contribution < -0.4 is 5.32 Å². The normalized spacial score (nSPS) is 10.2. The first-order chi connectivity index (χ1) is 11.9. The van der Waals surface area contributed by atoms with Gasteiger partial charge in [-0.15, -0.1) is 0 Å². The predicted molar refractivity (Wildman–Crippen MR) is 96.8 cm³/mol. The minimum absolute atomic E-state index is 0.0203. The topological polar surface area (TPSA) is 92.6 Å². The summed E-state index contributed by atoms with van der Waals surface area (Å²) >= 11 is 1.03. The van der Waals surface area contributed by atoms with Gasteiger partial charge in [-0.3, -0.25) is 19.7 Å². The molecule has 130 valence electrons. The molecule has 0 aliphatic rings. The summed E-state index contributed by atoms with van der Waals surface area (Å²) in [6.45, 7) is 0. The number of rotatable bonds is 5. The third-order valence-electron chi connectivity index (χ3n) is 3.24. The van der Waals surface area contributed by atoms with E-state index in [0.717, 1.165) is 11.8 Å². The van der Waals surface area contributed by atoms with Crippen LogP contribution in [0.25, 0.3) is 0 Å². The van der Waals surface area contributed by atoms with Gasteiger partial charge in [0.2, 0.25) is 5.91 Å². The van der Waals surface area contributed by atoms with E-state index in [1.54, 1.807) is 50.5 Å². The Kier molecular flexibility index (Phi) is 6.13. The predicted octanol–water partition coefficient (Wildman–Crippen LogP) is 3.55. The Morgan fingerprint density at radius 2 is 1.76 bits per heavy atom. The molecule has 0 aliphatic heterocycles. The van der Waals surface area contributed by atoms with Gasteiger partial charge in [-0.25, -0.2) is 0 Å². The van der Waals surface area contributed by atoms with Gasteiger partial charge < -0.3 is 10.2 Å². The maximum Gasteiger partial charge on any atom is 0.286 e. The van der Waals surface area contributed by atoms with E-state index in [4.69, 9.17) is 0 Å². The number of hydrogen-bond donors (Lipinski definition) is 1. The molecule has 2 aromatic carbocycles. The standard InChI is InChI=1S/C17H17N3O4S/c1-19(2)17(22)25-15-6-4-3-5-14(15)18-16(21)11-12-7-9-13(10-8-12)20(23)24/h3-10H,11H2,1-2H3,(H,18,21). The van der Waals surface area contributed by atoms with Crippen molar-refractivity contribution in [3.8, 4) is 0 Å². The molecule has 0 spiro atoms. The number of nitrogens with one attached hydrogen (secondary N) is 1. The zero-order valence-electron chi connectivity index (χ0n) is 13.8. The fourth-order valence-electron chi connectivity index (χ4n) is 1.96. The van der Waals surface area contributed by atoms with Gasteiger partial charge in [0, 0.05) is 31.1 Å². The number of carbonyl (C=O) groups is 2. The zero-order valence-corrected chi connectivity index (χ0v) is 14.6. The van der Waals surface area contributed by atoms with Crippen LogP contribution in [0.2, 0.25) is 0 Å². The molecule has 1 N–H and O–H groups in total. The van der Waals surface area contributed by atoms with E-state index in [9.17, 15) is 19.7 Å². The highest BCUT2D eigenvalue weighted by atomic mass is 32.2. The Morgan fingerprint density at radius 3 is 2.36 bits per heavy atom. The van der Waals surface area contributed by atoms with Crippen molar-refractivity contribution in [3.63, 3.8) is 0 Å². The van der Waals surface area contributed by atoms with Gasteiger partial charge in [0.1, 0.15) is 0 Å². The second-order valence-corrected chi connectivity index (χ2v) is 6.40. The van der Waals surface area contributed by atoms with E-state index >= 15 is 0 Å². The van der Waals surface area contributed by atoms with Crippen molar-refractivity contribution < 1.29 is 14.5 Å². The van der Waals surface area contributed by atoms with Gasteiger partial charge in [-0.05, 0) is 29.5 Å². The lowest BCUT2D eigenvalue weighted by Gasteiger charge is -2.13. The van der Waals surface area contributed by atoms with Gasteiger partial charge in [0.15, 0.2) is 0 Å². The fourth-order valence-corrected chi connectivity index (χ4v) is 2.71. The van der Waals surface area contributed by atoms with Crippen LogP contribution >= 0.6 is 11.8 Å². The molecule has 2 amide bonds. The number of para-hydroxylation sites is 1. The molecule has 8 heteroatoms. The molecule has 0 aliphatic carbocycles. The van der Waals surface area contributed by atoms with Crippen LogP contribution in [0.15, 0.2) is 53.4 Å². The van der Waals surface area contributed by atoms with E-state index in [0.29, 0.717) is 16.1 Å². The molecular formula is C17H17N3O4S. The lowest BCUT2D eigenvalue weighted by atomic mass is 10.1. The molecular weight excluding hydrogens is 342 g/mol. The summed E-state index contributed by atoms with van der Waals surface area (Å²) in [5.41, 5.74) is 1.19. The summed E-state index contributed by atoms with van der Waals surface area (Å²) in [7, 11) is 3.32. The third kappa shape index (κ3) is 5.32. The van der Waals surface area contributed by atoms with E-state index in [1.165, 1.54) is 17.0 Å². The van der Waals surface area contributed by atoms with Crippen molar-refractivity contribution in [2.24, 2.45) is 0 Å². The molecule has 25 heavy (non-hydrogen) atoms. The molecule has 0 saturated heterocycles. The van der Waals surface area contributed by atoms with Gasteiger partial charge in [0.05, 0.1) is 17.0 Å².